The number of ether oxygens (including phenoxy) is 1. The molecule has 0 amide bonds. The minimum atomic E-state index is 0.716. The Morgan fingerprint density at radius 2 is 1.87 bits per heavy atom. The fraction of sp³-hybridized carbons (Fsp3) is 0.300. The summed E-state index contributed by atoms with van der Waals surface area (Å²) in [6.45, 7) is 3.33. The maximum absolute atomic E-state index is 5.57. The van der Waals surface area contributed by atoms with Gasteiger partial charge in [0.15, 0.2) is 0 Å². The van der Waals surface area contributed by atoms with Crippen molar-refractivity contribution in [3.63, 3.8) is 0 Å². The van der Waals surface area contributed by atoms with E-state index in [1.807, 2.05) is 6.20 Å². The number of likely N-dealkylation sites (tertiary alicyclic amines) is 1. The highest BCUT2D eigenvalue weighted by atomic mass is 16.5. The van der Waals surface area contributed by atoms with Crippen LogP contribution in [0.1, 0.15) is 29.9 Å². The summed E-state index contributed by atoms with van der Waals surface area (Å²) in [4.78, 5) is 2.55. The van der Waals surface area contributed by atoms with E-state index in [-0.39, 0.29) is 0 Å². The lowest BCUT2D eigenvalue weighted by molar-refractivity contribution is 0.204. The summed E-state index contributed by atoms with van der Waals surface area (Å²) in [6.07, 6.45) is 6.00. The Morgan fingerprint density at radius 1 is 1.04 bits per heavy atom. The van der Waals surface area contributed by atoms with E-state index < -0.39 is 0 Å². The topological polar surface area (TPSA) is 24.5 Å². The zero-order chi connectivity index (χ0) is 15.5. The zero-order valence-corrected chi connectivity index (χ0v) is 13.2. The standard InChI is InChI=1S/C20H22N2O/c1-2-4-17(5-3-1)18-8-11-22(12-9-18)15-16-6-7-19-20(14-16)23-13-10-21-19/h1-7,10,13-14,18,21H,8-9,11-12,15H2. The molecule has 3 heteroatoms. The van der Waals surface area contributed by atoms with Gasteiger partial charge in [-0.1, -0.05) is 36.4 Å². The molecule has 1 N–H and O–H groups in total. The molecule has 1 fully saturated rings. The highest BCUT2D eigenvalue weighted by Crippen LogP contribution is 2.31. The van der Waals surface area contributed by atoms with Gasteiger partial charge < -0.3 is 10.1 Å². The predicted molar refractivity (Wildman–Crippen MR) is 93.5 cm³/mol. The number of anilines is 1. The summed E-state index contributed by atoms with van der Waals surface area (Å²) in [5.41, 5.74) is 3.85. The van der Waals surface area contributed by atoms with Crippen LogP contribution in [0.5, 0.6) is 5.75 Å². The Bertz CT molecular complexity index is 688. The summed E-state index contributed by atoms with van der Waals surface area (Å²) in [7, 11) is 0. The molecule has 3 nitrogen and oxygen atoms in total. The van der Waals surface area contributed by atoms with E-state index in [0.29, 0.717) is 5.92 Å². The van der Waals surface area contributed by atoms with E-state index in [2.05, 4.69) is 58.7 Å². The Morgan fingerprint density at radius 3 is 2.70 bits per heavy atom. The predicted octanol–water partition coefficient (Wildman–Crippen LogP) is 4.34. The largest absolute Gasteiger partial charge is 0.461 e. The number of nitrogens with one attached hydrogen (secondary N) is 1. The molecule has 23 heavy (non-hydrogen) atoms. The van der Waals surface area contributed by atoms with Gasteiger partial charge in [0.2, 0.25) is 0 Å². The van der Waals surface area contributed by atoms with Crippen LogP contribution < -0.4 is 10.1 Å². The Hall–Kier alpha value is -2.26. The number of piperidine rings is 1. The Balaban J connectivity index is 1.36. The van der Waals surface area contributed by atoms with Gasteiger partial charge in [-0.25, -0.2) is 0 Å². The summed E-state index contributed by atoms with van der Waals surface area (Å²) in [6, 6.07) is 17.4. The Labute approximate surface area is 137 Å². The first-order valence-corrected chi connectivity index (χ1v) is 8.37. The number of benzene rings is 2. The molecule has 0 spiro atoms. The van der Waals surface area contributed by atoms with Crippen LogP contribution in [0.4, 0.5) is 5.69 Å². The van der Waals surface area contributed by atoms with Gasteiger partial charge in [0, 0.05) is 12.7 Å². The third-order valence-corrected chi connectivity index (χ3v) is 4.81. The maximum Gasteiger partial charge on any atom is 0.150 e. The van der Waals surface area contributed by atoms with Gasteiger partial charge in [0.05, 0.1) is 5.69 Å². The van der Waals surface area contributed by atoms with E-state index >= 15 is 0 Å². The minimum Gasteiger partial charge on any atom is -0.461 e. The lowest BCUT2D eigenvalue weighted by atomic mass is 9.89. The smallest absolute Gasteiger partial charge is 0.150 e. The van der Waals surface area contributed by atoms with E-state index in [1.54, 1.807) is 6.26 Å². The molecule has 0 radical (unpaired) electrons. The van der Waals surface area contributed by atoms with E-state index in [1.165, 1.54) is 24.0 Å². The second-order valence-electron chi connectivity index (χ2n) is 6.36. The van der Waals surface area contributed by atoms with Crippen molar-refractivity contribution in [2.45, 2.75) is 25.3 Å². The lowest BCUT2D eigenvalue weighted by Crippen LogP contribution is -2.32. The highest BCUT2D eigenvalue weighted by Gasteiger charge is 2.20. The minimum absolute atomic E-state index is 0.716. The summed E-state index contributed by atoms with van der Waals surface area (Å²) in [5, 5.41) is 3.20. The molecular formula is C20H22N2O. The van der Waals surface area contributed by atoms with Crippen molar-refractivity contribution in [1.29, 1.82) is 0 Å². The first kappa shape index (κ1) is 14.3. The average Bonchev–Trinajstić information content (AvgIpc) is 2.63. The highest BCUT2D eigenvalue weighted by molar-refractivity contribution is 5.60. The van der Waals surface area contributed by atoms with Gasteiger partial charge in [-0.2, -0.15) is 0 Å². The lowest BCUT2D eigenvalue weighted by Gasteiger charge is -2.32. The zero-order valence-electron chi connectivity index (χ0n) is 13.2. The molecule has 0 aromatic heterocycles. The average molecular weight is 306 g/mol. The van der Waals surface area contributed by atoms with Gasteiger partial charge in [0.25, 0.3) is 0 Å². The fourth-order valence-electron chi connectivity index (χ4n) is 3.52. The molecule has 118 valence electrons. The van der Waals surface area contributed by atoms with Crippen LogP contribution in [0.2, 0.25) is 0 Å². The van der Waals surface area contributed by atoms with Crippen LogP contribution in [-0.2, 0) is 6.54 Å². The van der Waals surface area contributed by atoms with Gasteiger partial charge >= 0.3 is 0 Å². The molecule has 2 aromatic carbocycles. The first-order valence-electron chi connectivity index (χ1n) is 8.37. The number of fused-ring (bicyclic) bond motifs is 1. The quantitative estimate of drug-likeness (QED) is 0.913. The van der Waals surface area contributed by atoms with Crippen LogP contribution in [0, 0.1) is 0 Å². The van der Waals surface area contributed by atoms with Crippen molar-refractivity contribution in [2.24, 2.45) is 0 Å². The van der Waals surface area contributed by atoms with Crippen molar-refractivity contribution < 1.29 is 4.74 Å². The van der Waals surface area contributed by atoms with Gasteiger partial charge in [-0.05, 0) is 55.1 Å². The third kappa shape index (κ3) is 3.25. The number of nitrogens with zero attached hydrogens (tertiary/aromatic N) is 1. The van der Waals surface area contributed by atoms with Gasteiger partial charge in [0.1, 0.15) is 12.0 Å². The van der Waals surface area contributed by atoms with Crippen LogP contribution in [0.15, 0.2) is 61.0 Å². The molecule has 0 saturated carbocycles. The molecule has 0 bridgehead atoms. The van der Waals surface area contributed by atoms with Crippen LogP contribution in [-0.4, -0.2) is 18.0 Å². The second-order valence-corrected chi connectivity index (χ2v) is 6.36. The number of hydrogen-bond donors (Lipinski definition) is 1. The molecule has 4 rings (SSSR count). The molecule has 2 heterocycles. The van der Waals surface area contributed by atoms with Gasteiger partial charge in [-0.15, -0.1) is 0 Å². The van der Waals surface area contributed by atoms with Gasteiger partial charge in [-0.3, -0.25) is 4.90 Å². The molecule has 2 aliphatic rings. The summed E-state index contributed by atoms with van der Waals surface area (Å²) >= 11 is 0. The van der Waals surface area contributed by atoms with Crippen LogP contribution >= 0.6 is 0 Å². The first-order chi connectivity index (χ1) is 11.4. The van der Waals surface area contributed by atoms with Crippen molar-refractivity contribution in [1.82, 2.24) is 4.90 Å². The summed E-state index contributed by atoms with van der Waals surface area (Å²) in [5.74, 6) is 1.64. The van der Waals surface area contributed by atoms with Crippen molar-refractivity contribution in [3.8, 4) is 5.75 Å². The SMILES string of the molecule is C1=COc2cc(CN3CCC(c4ccccc4)CC3)ccc2N1. The monoisotopic (exact) mass is 306 g/mol. The second kappa shape index (κ2) is 6.47. The van der Waals surface area contributed by atoms with Crippen LogP contribution in [0.25, 0.3) is 0 Å². The molecule has 2 aliphatic heterocycles. The number of rotatable bonds is 3. The number of hydrogen-bond acceptors (Lipinski definition) is 3. The summed E-state index contributed by atoms with van der Waals surface area (Å²) < 4.78 is 5.57. The van der Waals surface area contributed by atoms with Crippen molar-refractivity contribution in [3.05, 3.63) is 72.1 Å². The Kier molecular flexibility index (Phi) is 4.03. The van der Waals surface area contributed by atoms with E-state index in [9.17, 15) is 0 Å². The molecule has 1 saturated heterocycles. The maximum atomic E-state index is 5.57. The van der Waals surface area contributed by atoms with E-state index in [0.717, 1.165) is 31.1 Å². The van der Waals surface area contributed by atoms with Crippen LogP contribution in [0.3, 0.4) is 0 Å². The fourth-order valence-corrected chi connectivity index (χ4v) is 3.52. The van der Waals surface area contributed by atoms with Crippen molar-refractivity contribution >= 4 is 5.69 Å². The normalized spacial score (nSPS) is 18.1. The molecule has 0 atom stereocenters. The van der Waals surface area contributed by atoms with Crippen molar-refractivity contribution in [2.75, 3.05) is 18.4 Å². The van der Waals surface area contributed by atoms with E-state index in [4.69, 9.17) is 4.74 Å². The third-order valence-electron chi connectivity index (χ3n) is 4.81. The molecule has 0 aliphatic carbocycles. The molecule has 0 unspecified atom stereocenters. The molecule has 2 aromatic rings. The molecular weight excluding hydrogens is 284 g/mol.